The molecular weight excluding hydrogens is 386 g/mol. The highest BCUT2D eigenvalue weighted by molar-refractivity contribution is 5.91. The van der Waals surface area contributed by atoms with Crippen molar-refractivity contribution in [3.05, 3.63) is 35.3 Å². The molecule has 3 aromatic heterocycles. The van der Waals surface area contributed by atoms with Crippen LogP contribution in [0.15, 0.2) is 17.0 Å². The van der Waals surface area contributed by atoms with Crippen molar-refractivity contribution in [1.29, 1.82) is 0 Å². The molecule has 1 aliphatic carbocycles. The normalized spacial score (nSPS) is 15.9. The summed E-state index contributed by atoms with van der Waals surface area (Å²) in [5.74, 6) is 1.56. The summed E-state index contributed by atoms with van der Waals surface area (Å²) in [7, 11) is 3.58. The average Bonchev–Trinajstić information content (AvgIpc) is 3.13. The molecule has 2 aliphatic rings. The molecule has 0 bridgehead atoms. The summed E-state index contributed by atoms with van der Waals surface area (Å²) in [5.41, 5.74) is 3.42. The van der Waals surface area contributed by atoms with Crippen LogP contribution in [0.25, 0.3) is 11.6 Å². The van der Waals surface area contributed by atoms with Gasteiger partial charge in [-0.15, -0.1) is 0 Å². The molecule has 5 rings (SSSR count). The number of nitrogens with zero attached hydrogens (tertiary/aromatic N) is 7. The van der Waals surface area contributed by atoms with Crippen molar-refractivity contribution in [2.75, 3.05) is 20.2 Å². The van der Waals surface area contributed by atoms with Gasteiger partial charge in [-0.25, -0.2) is 4.98 Å². The van der Waals surface area contributed by atoms with Gasteiger partial charge in [-0.3, -0.25) is 9.48 Å². The molecule has 0 N–H and O–H groups in total. The average molecular weight is 411 g/mol. The number of aryl methyl sites for hydroxylation is 1. The van der Waals surface area contributed by atoms with Gasteiger partial charge in [-0.1, -0.05) is 5.16 Å². The van der Waals surface area contributed by atoms with Crippen LogP contribution in [0.2, 0.25) is 0 Å². The third-order valence-electron chi connectivity index (χ3n) is 5.64. The molecule has 0 unspecified atom stereocenters. The highest BCUT2D eigenvalue weighted by Crippen LogP contribution is 2.34. The van der Waals surface area contributed by atoms with Crippen molar-refractivity contribution in [3.8, 4) is 11.6 Å². The fraction of sp³-hybridized carbons (Fsp3) is 0.550. The van der Waals surface area contributed by atoms with Crippen molar-refractivity contribution in [3.63, 3.8) is 0 Å². The van der Waals surface area contributed by atoms with Gasteiger partial charge in [0.15, 0.2) is 11.5 Å². The SMILES string of the molecule is CN(CCc1noc(-c2nn(CC3CC3)c3c2COCC3)n1)C(=O)c1cn(C)cn1. The van der Waals surface area contributed by atoms with Crippen LogP contribution in [-0.2, 0) is 37.8 Å². The lowest BCUT2D eigenvalue weighted by Crippen LogP contribution is -2.29. The maximum absolute atomic E-state index is 12.4. The van der Waals surface area contributed by atoms with Gasteiger partial charge in [0.1, 0.15) is 5.69 Å². The second kappa shape index (κ2) is 7.67. The first-order valence-electron chi connectivity index (χ1n) is 10.3. The molecule has 1 fully saturated rings. The first-order valence-corrected chi connectivity index (χ1v) is 10.3. The third-order valence-corrected chi connectivity index (χ3v) is 5.64. The number of ether oxygens (including phenoxy) is 1. The zero-order valence-electron chi connectivity index (χ0n) is 17.2. The van der Waals surface area contributed by atoms with Crippen molar-refractivity contribution < 1.29 is 14.1 Å². The number of hydrogen-bond donors (Lipinski definition) is 0. The zero-order valence-corrected chi connectivity index (χ0v) is 17.2. The van der Waals surface area contributed by atoms with E-state index < -0.39 is 0 Å². The van der Waals surface area contributed by atoms with Crippen LogP contribution in [0.3, 0.4) is 0 Å². The molecule has 3 aromatic rings. The molecule has 10 heteroatoms. The number of rotatable bonds is 7. The van der Waals surface area contributed by atoms with Gasteiger partial charge in [0.05, 0.1) is 19.5 Å². The predicted octanol–water partition coefficient (Wildman–Crippen LogP) is 1.46. The summed E-state index contributed by atoms with van der Waals surface area (Å²) in [6.07, 6.45) is 7.20. The van der Waals surface area contributed by atoms with E-state index in [1.54, 1.807) is 29.0 Å². The molecule has 0 saturated heterocycles. The van der Waals surface area contributed by atoms with Crippen LogP contribution in [0, 0.1) is 5.92 Å². The van der Waals surface area contributed by atoms with E-state index in [4.69, 9.17) is 14.4 Å². The van der Waals surface area contributed by atoms with E-state index in [-0.39, 0.29) is 5.91 Å². The van der Waals surface area contributed by atoms with Crippen molar-refractivity contribution >= 4 is 5.91 Å². The zero-order chi connectivity index (χ0) is 20.7. The van der Waals surface area contributed by atoms with Crippen LogP contribution in [0.1, 0.15) is 40.4 Å². The minimum absolute atomic E-state index is 0.135. The minimum Gasteiger partial charge on any atom is -0.376 e. The topological polar surface area (TPSA) is 104 Å². The van der Waals surface area contributed by atoms with E-state index in [9.17, 15) is 4.79 Å². The molecule has 10 nitrogen and oxygen atoms in total. The van der Waals surface area contributed by atoms with Crippen molar-refractivity contribution in [2.45, 2.75) is 38.8 Å². The van der Waals surface area contributed by atoms with Gasteiger partial charge in [-0.05, 0) is 18.8 Å². The Morgan fingerprint density at radius 1 is 1.37 bits per heavy atom. The Morgan fingerprint density at radius 3 is 3.00 bits per heavy atom. The molecular formula is C20H25N7O3. The molecule has 0 atom stereocenters. The Morgan fingerprint density at radius 2 is 2.23 bits per heavy atom. The first-order chi connectivity index (χ1) is 14.6. The molecule has 0 spiro atoms. The molecule has 158 valence electrons. The van der Waals surface area contributed by atoms with Gasteiger partial charge < -0.3 is 18.7 Å². The summed E-state index contributed by atoms with van der Waals surface area (Å²) in [6.45, 7) is 2.65. The van der Waals surface area contributed by atoms with Crippen LogP contribution >= 0.6 is 0 Å². The van der Waals surface area contributed by atoms with Crippen LogP contribution in [0.5, 0.6) is 0 Å². The van der Waals surface area contributed by atoms with E-state index >= 15 is 0 Å². The number of aromatic nitrogens is 6. The number of amides is 1. The van der Waals surface area contributed by atoms with E-state index in [0.717, 1.165) is 30.1 Å². The van der Waals surface area contributed by atoms with Crippen LogP contribution in [0.4, 0.5) is 0 Å². The summed E-state index contributed by atoms with van der Waals surface area (Å²) >= 11 is 0. The van der Waals surface area contributed by atoms with Crippen molar-refractivity contribution in [2.24, 2.45) is 13.0 Å². The van der Waals surface area contributed by atoms with Gasteiger partial charge in [0.2, 0.25) is 0 Å². The largest absolute Gasteiger partial charge is 0.376 e. The fourth-order valence-corrected chi connectivity index (χ4v) is 3.72. The third kappa shape index (κ3) is 3.74. The second-order valence-electron chi connectivity index (χ2n) is 8.12. The summed E-state index contributed by atoms with van der Waals surface area (Å²) in [5, 5.41) is 8.88. The molecule has 1 amide bonds. The molecule has 0 radical (unpaired) electrons. The van der Waals surface area contributed by atoms with Gasteiger partial charge in [0.25, 0.3) is 11.8 Å². The number of imidazole rings is 1. The first kappa shape index (κ1) is 19.0. The Balaban J connectivity index is 1.28. The highest BCUT2D eigenvalue weighted by Gasteiger charge is 2.29. The van der Waals surface area contributed by atoms with E-state index in [1.165, 1.54) is 18.5 Å². The predicted molar refractivity (Wildman–Crippen MR) is 105 cm³/mol. The number of carbonyl (C=O) groups is 1. The molecule has 1 aliphatic heterocycles. The summed E-state index contributed by atoms with van der Waals surface area (Å²) < 4.78 is 15.0. The highest BCUT2D eigenvalue weighted by atomic mass is 16.5. The van der Waals surface area contributed by atoms with E-state index in [1.807, 2.05) is 7.05 Å². The number of carbonyl (C=O) groups excluding carboxylic acids is 1. The Kier molecular flexibility index (Phi) is 4.86. The molecule has 1 saturated carbocycles. The standard InChI is InChI=1S/C20H25N7O3/c1-25-10-15(21-12-25)20(28)26(2)7-5-17-22-19(30-24-17)18-14-11-29-8-6-16(14)27(23-18)9-13-3-4-13/h10,12-13H,3-9,11H2,1-2H3. The van der Waals surface area contributed by atoms with Gasteiger partial charge in [0, 0.05) is 57.5 Å². The molecule has 30 heavy (non-hydrogen) atoms. The number of hydrogen-bond acceptors (Lipinski definition) is 7. The lowest BCUT2D eigenvalue weighted by Gasteiger charge is -2.14. The van der Waals surface area contributed by atoms with Crippen molar-refractivity contribution in [1.82, 2.24) is 34.4 Å². The summed E-state index contributed by atoms with van der Waals surface area (Å²) in [4.78, 5) is 22.7. The summed E-state index contributed by atoms with van der Waals surface area (Å²) in [6, 6.07) is 0. The fourth-order valence-electron chi connectivity index (χ4n) is 3.72. The number of likely N-dealkylation sites (N-methyl/N-ethyl adjacent to an activating group) is 1. The van der Waals surface area contributed by atoms with E-state index in [2.05, 4.69) is 19.8 Å². The Labute approximate surface area is 173 Å². The lowest BCUT2D eigenvalue weighted by molar-refractivity contribution is 0.0790. The van der Waals surface area contributed by atoms with Gasteiger partial charge >= 0.3 is 0 Å². The Bertz CT molecular complexity index is 1060. The monoisotopic (exact) mass is 411 g/mol. The maximum atomic E-state index is 12.4. The Hall–Kier alpha value is -3.01. The molecule has 0 aromatic carbocycles. The maximum Gasteiger partial charge on any atom is 0.278 e. The number of fused-ring (bicyclic) bond motifs is 1. The quantitative estimate of drug-likeness (QED) is 0.580. The minimum atomic E-state index is -0.135. The van der Waals surface area contributed by atoms with Gasteiger partial charge in [-0.2, -0.15) is 10.1 Å². The van der Waals surface area contributed by atoms with Crippen LogP contribution in [-0.4, -0.2) is 60.5 Å². The molecule has 4 heterocycles. The second-order valence-corrected chi connectivity index (χ2v) is 8.12. The lowest BCUT2D eigenvalue weighted by atomic mass is 10.1. The van der Waals surface area contributed by atoms with Crippen LogP contribution < -0.4 is 0 Å². The smallest absolute Gasteiger partial charge is 0.278 e. The van der Waals surface area contributed by atoms with E-state index in [0.29, 0.717) is 43.6 Å².